The Morgan fingerprint density at radius 2 is 1.44 bits per heavy atom. The molecule has 0 N–H and O–H groups in total. The lowest BCUT2D eigenvalue weighted by molar-refractivity contribution is -0.123. The van der Waals surface area contributed by atoms with Gasteiger partial charge in [0.05, 0.1) is 22.8 Å². The van der Waals surface area contributed by atoms with Gasteiger partial charge in [-0.2, -0.15) is 5.10 Å². The van der Waals surface area contributed by atoms with Gasteiger partial charge in [0.25, 0.3) is 11.1 Å². The maximum Gasteiger partial charge on any atom is 0.293 e. The number of imide groups is 1. The lowest BCUT2D eigenvalue weighted by Gasteiger charge is -2.12. The van der Waals surface area contributed by atoms with Crippen molar-refractivity contribution in [2.75, 3.05) is 0 Å². The van der Waals surface area contributed by atoms with Crippen LogP contribution in [-0.4, -0.2) is 25.8 Å². The number of amides is 2. The summed E-state index contributed by atoms with van der Waals surface area (Å²) in [6.07, 6.45) is 3.66. The van der Waals surface area contributed by atoms with E-state index < -0.39 is 0 Å². The molecule has 156 valence electrons. The number of para-hydroxylation sites is 1. The van der Waals surface area contributed by atoms with Crippen LogP contribution in [0.2, 0.25) is 0 Å². The summed E-state index contributed by atoms with van der Waals surface area (Å²) in [5.41, 5.74) is 4.31. The number of nitrogens with zero attached hydrogens (tertiary/aromatic N) is 3. The van der Waals surface area contributed by atoms with Gasteiger partial charge < -0.3 is 0 Å². The van der Waals surface area contributed by atoms with Gasteiger partial charge >= 0.3 is 0 Å². The minimum Gasteiger partial charge on any atom is -0.268 e. The van der Waals surface area contributed by atoms with Crippen LogP contribution < -0.4 is 0 Å². The Balaban J connectivity index is 1.52. The maximum atomic E-state index is 13.0. The highest BCUT2D eigenvalue weighted by Crippen LogP contribution is 2.35. The molecule has 4 aromatic rings. The van der Waals surface area contributed by atoms with Crippen molar-refractivity contribution in [1.29, 1.82) is 0 Å². The molecule has 1 fully saturated rings. The number of hydrogen-bond acceptors (Lipinski definition) is 4. The van der Waals surface area contributed by atoms with Gasteiger partial charge in [0.1, 0.15) is 0 Å². The summed E-state index contributed by atoms with van der Waals surface area (Å²) in [5, 5.41) is 4.51. The summed E-state index contributed by atoms with van der Waals surface area (Å²) in [6, 6.07) is 29.1. The van der Waals surface area contributed by atoms with E-state index in [4.69, 9.17) is 5.10 Å². The fourth-order valence-electron chi connectivity index (χ4n) is 3.57. The molecule has 5 rings (SSSR count). The number of thioether (sulfide) groups is 1. The van der Waals surface area contributed by atoms with E-state index in [-0.39, 0.29) is 17.7 Å². The van der Waals surface area contributed by atoms with Crippen LogP contribution in [0.15, 0.2) is 102 Å². The van der Waals surface area contributed by atoms with Crippen LogP contribution in [-0.2, 0) is 11.3 Å². The van der Waals surface area contributed by atoms with E-state index in [0.29, 0.717) is 4.91 Å². The second-order valence-corrected chi connectivity index (χ2v) is 8.33. The molecule has 1 saturated heterocycles. The van der Waals surface area contributed by atoms with Gasteiger partial charge in [0, 0.05) is 17.3 Å². The van der Waals surface area contributed by atoms with Crippen molar-refractivity contribution in [1.82, 2.24) is 14.7 Å². The van der Waals surface area contributed by atoms with Crippen LogP contribution in [0.4, 0.5) is 4.79 Å². The molecular weight excluding hydrogens is 418 g/mol. The first kappa shape index (κ1) is 20.0. The molecule has 0 aliphatic carbocycles. The predicted octanol–water partition coefficient (Wildman–Crippen LogP) is 5.78. The topological polar surface area (TPSA) is 55.2 Å². The highest BCUT2D eigenvalue weighted by atomic mass is 32.2. The molecule has 5 nitrogen and oxygen atoms in total. The number of carbonyl (C=O) groups is 2. The summed E-state index contributed by atoms with van der Waals surface area (Å²) in [6.45, 7) is 0.262. The van der Waals surface area contributed by atoms with Crippen LogP contribution in [0.5, 0.6) is 0 Å². The largest absolute Gasteiger partial charge is 0.293 e. The number of carbonyl (C=O) groups excluding carboxylic acids is 2. The number of benzene rings is 3. The molecule has 0 radical (unpaired) electrons. The van der Waals surface area contributed by atoms with Crippen LogP contribution >= 0.6 is 11.8 Å². The first-order valence-corrected chi connectivity index (χ1v) is 11.0. The maximum absolute atomic E-state index is 13.0. The van der Waals surface area contributed by atoms with Crippen molar-refractivity contribution in [3.05, 3.63) is 113 Å². The molecule has 0 bridgehead atoms. The second kappa shape index (κ2) is 8.69. The molecule has 1 aromatic heterocycles. The predicted molar refractivity (Wildman–Crippen MR) is 127 cm³/mol. The monoisotopic (exact) mass is 437 g/mol. The van der Waals surface area contributed by atoms with Crippen molar-refractivity contribution in [3.8, 4) is 16.9 Å². The van der Waals surface area contributed by atoms with Crippen molar-refractivity contribution in [3.63, 3.8) is 0 Å². The third kappa shape index (κ3) is 4.00. The standard InChI is InChI=1S/C26H19N3O2S/c30-25-23(32-26(31)28(25)17-19-10-4-1-5-11-19)16-21-18-29(22-14-8-3-9-15-22)27-24(21)20-12-6-2-7-13-20/h1-16,18H,17H2/b23-16-. The zero-order valence-corrected chi connectivity index (χ0v) is 17.9. The first-order chi connectivity index (χ1) is 15.7. The van der Waals surface area contributed by atoms with Crippen LogP contribution in [0, 0.1) is 0 Å². The summed E-state index contributed by atoms with van der Waals surface area (Å²) in [5.74, 6) is -0.282. The van der Waals surface area contributed by atoms with Crippen molar-refractivity contribution >= 4 is 29.0 Å². The Morgan fingerprint density at radius 3 is 2.12 bits per heavy atom. The van der Waals surface area contributed by atoms with E-state index in [9.17, 15) is 9.59 Å². The van der Waals surface area contributed by atoms with Gasteiger partial charge in [-0.25, -0.2) is 4.68 Å². The quantitative estimate of drug-likeness (QED) is 0.372. The Bertz CT molecular complexity index is 1300. The molecule has 3 aromatic carbocycles. The number of aromatic nitrogens is 2. The Labute approximate surface area is 190 Å². The summed E-state index contributed by atoms with van der Waals surface area (Å²) >= 11 is 0.966. The van der Waals surface area contributed by atoms with Crippen molar-refractivity contribution < 1.29 is 9.59 Å². The molecule has 0 saturated carbocycles. The Hall–Kier alpha value is -3.90. The molecule has 6 heteroatoms. The fraction of sp³-hybridized carbons (Fsp3) is 0.0385. The lowest BCUT2D eigenvalue weighted by Crippen LogP contribution is -2.27. The van der Waals surface area contributed by atoms with Crippen LogP contribution in [0.1, 0.15) is 11.1 Å². The summed E-state index contributed by atoms with van der Waals surface area (Å²) in [7, 11) is 0. The smallest absolute Gasteiger partial charge is 0.268 e. The normalized spacial score (nSPS) is 15.0. The third-order valence-electron chi connectivity index (χ3n) is 5.15. The third-order valence-corrected chi connectivity index (χ3v) is 6.06. The minimum absolute atomic E-state index is 0.262. The SMILES string of the molecule is O=C1S/C(=C\c2cn(-c3ccccc3)nc2-c2ccccc2)C(=O)N1Cc1ccccc1. The molecule has 2 amide bonds. The lowest BCUT2D eigenvalue weighted by atomic mass is 10.1. The van der Waals surface area contributed by atoms with E-state index >= 15 is 0 Å². The molecule has 0 unspecified atom stereocenters. The molecule has 1 aliphatic heterocycles. The van der Waals surface area contributed by atoms with Gasteiger partial charge in [-0.05, 0) is 35.5 Å². The zero-order valence-electron chi connectivity index (χ0n) is 17.1. The van der Waals surface area contributed by atoms with Crippen molar-refractivity contribution in [2.45, 2.75) is 6.54 Å². The highest BCUT2D eigenvalue weighted by Gasteiger charge is 2.35. The van der Waals surface area contributed by atoms with Gasteiger partial charge in [0.2, 0.25) is 0 Å². The van der Waals surface area contributed by atoms with Crippen LogP contribution in [0.3, 0.4) is 0 Å². The van der Waals surface area contributed by atoms with Gasteiger partial charge in [-0.3, -0.25) is 14.5 Å². The Kier molecular flexibility index (Phi) is 5.44. The molecular formula is C26H19N3O2S. The highest BCUT2D eigenvalue weighted by molar-refractivity contribution is 8.18. The Morgan fingerprint density at radius 1 is 0.812 bits per heavy atom. The summed E-state index contributed by atoms with van der Waals surface area (Å²) < 4.78 is 1.79. The molecule has 32 heavy (non-hydrogen) atoms. The number of hydrogen-bond donors (Lipinski definition) is 0. The minimum atomic E-state index is -0.282. The fourth-order valence-corrected chi connectivity index (χ4v) is 4.40. The van der Waals surface area contributed by atoms with E-state index in [2.05, 4.69) is 0 Å². The van der Waals surface area contributed by atoms with E-state index in [1.165, 1.54) is 4.90 Å². The number of rotatable bonds is 5. The molecule has 0 spiro atoms. The average molecular weight is 438 g/mol. The molecule has 0 atom stereocenters. The molecule has 2 heterocycles. The van der Waals surface area contributed by atoms with Gasteiger partial charge in [-0.15, -0.1) is 0 Å². The summed E-state index contributed by atoms with van der Waals surface area (Å²) in [4.78, 5) is 27.3. The van der Waals surface area contributed by atoms with E-state index in [1.807, 2.05) is 97.2 Å². The van der Waals surface area contributed by atoms with Gasteiger partial charge in [0.15, 0.2) is 0 Å². The van der Waals surface area contributed by atoms with Crippen LogP contribution in [0.25, 0.3) is 23.0 Å². The van der Waals surface area contributed by atoms with Gasteiger partial charge in [-0.1, -0.05) is 78.9 Å². The van der Waals surface area contributed by atoms with E-state index in [0.717, 1.165) is 39.8 Å². The molecule has 1 aliphatic rings. The van der Waals surface area contributed by atoms with Crippen molar-refractivity contribution in [2.24, 2.45) is 0 Å². The first-order valence-electron chi connectivity index (χ1n) is 10.2. The van der Waals surface area contributed by atoms with E-state index in [1.54, 1.807) is 10.8 Å². The second-order valence-electron chi connectivity index (χ2n) is 7.33. The zero-order chi connectivity index (χ0) is 21.9. The average Bonchev–Trinajstić information content (AvgIpc) is 3.38.